The summed E-state index contributed by atoms with van der Waals surface area (Å²) in [5.74, 6) is -0.539. The Morgan fingerprint density at radius 3 is 1.23 bits per heavy atom. The number of hydrogen-bond acceptors (Lipinski definition) is 5. The molecule has 0 rings (SSSR count). The van der Waals surface area contributed by atoms with Crippen molar-refractivity contribution in [1.82, 2.24) is 0 Å². The van der Waals surface area contributed by atoms with Gasteiger partial charge >= 0.3 is 11.9 Å². The van der Waals surface area contributed by atoms with Crippen LogP contribution in [0.1, 0.15) is 252 Å². The molecule has 5 heteroatoms. The molecule has 0 saturated carbocycles. The third-order valence-corrected chi connectivity index (χ3v) is 11.3. The van der Waals surface area contributed by atoms with Gasteiger partial charge in [-0.25, -0.2) is 0 Å². The van der Waals surface area contributed by atoms with Gasteiger partial charge < -0.3 is 14.2 Å². The summed E-state index contributed by atoms with van der Waals surface area (Å²) in [7, 11) is 0. The first kappa shape index (κ1) is 59.3. The summed E-state index contributed by atoms with van der Waals surface area (Å²) < 4.78 is 17.3. The van der Waals surface area contributed by atoms with Gasteiger partial charge in [0.2, 0.25) is 0 Å². The molecule has 0 aromatic heterocycles. The number of unbranched alkanes of at least 4 members (excludes halogenated alkanes) is 26. The van der Waals surface area contributed by atoms with E-state index in [1.54, 1.807) is 0 Å². The maximum Gasteiger partial charge on any atom is 0.310 e. The van der Waals surface area contributed by atoms with Gasteiger partial charge in [-0.3, -0.25) is 9.59 Å². The molecule has 0 bridgehead atoms. The SMILES string of the molecule is CC/C=C\C/C=C\C/C=C\C/C=C\C/C=C\CC(=O)OC(COCCCCCCCCCCCCCC)COC(=O)CCCCCCCCCCC/C=C\CCCCCCCC. The van der Waals surface area contributed by atoms with Crippen molar-refractivity contribution < 1.29 is 23.8 Å². The van der Waals surface area contributed by atoms with Gasteiger partial charge in [0.1, 0.15) is 6.61 Å². The molecule has 0 heterocycles. The Balaban J connectivity index is 4.32. The lowest BCUT2D eigenvalue weighted by Crippen LogP contribution is -2.29. The highest BCUT2D eigenvalue weighted by molar-refractivity contribution is 5.71. The van der Waals surface area contributed by atoms with E-state index in [-0.39, 0.29) is 31.6 Å². The van der Waals surface area contributed by atoms with E-state index in [9.17, 15) is 9.59 Å². The summed E-state index contributed by atoms with van der Waals surface area (Å²) in [5.41, 5.74) is 0. The third-order valence-electron chi connectivity index (χ3n) is 11.3. The molecule has 0 aliphatic heterocycles. The summed E-state index contributed by atoms with van der Waals surface area (Å²) in [4.78, 5) is 25.3. The van der Waals surface area contributed by atoms with E-state index in [1.807, 2.05) is 12.2 Å². The summed E-state index contributed by atoms with van der Waals surface area (Å²) in [5, 5.41) is 0. The lowest BCUT2D eigenvalue weighted by Gasteiger charge is -2.18. The number of rotatable bonds is 48. The van der Waals surface area contributed by atoms with Crippen LogP contribution in [0.4, 0.5) is 0 Å². The molecule has 0 aromatic carbocycles. The predicted molar refractivity (Wildman–Crippen MR) is 270 cm³/mol. The van der Waals surface area contributed by atoms with Crippen LogP contribution in [-0.4, -0.2) is 37.9 Å². The van der Waals surface area contributed by atoms with Crippen molar-refractivity contribution >= 4 is 11.9 Å². The van der Waals surface area contributed by atoms with Crippen LogP contribution < -0.4 is 0 Å². The first-order chi connectivity index (χ1) is 30.6. The van der Waals surface area contributed by atoms with Crippen molar-refractivity contribution in [1.29, 1.82) is 0 Å². The Bertz CT molecular complexity index is 1110. The van der Waals surface area contributed by atoms with Crippen molar-refractivity contribution in [2.24, 2.45) is 0 Å². The number of ether oxygens (including phenoxy) is 3. The van der Waals surface area contributed by atoms with E-state index >= 15 is 0 Å². The maximum absolute atomic E-state index is 12.7. The Labute approximate surface area is 385 Å². The van der Waals surface area contributed by atoms with Gasteiger partial charge in [-0.15, -0.1) is 0 Å². The highest BCUT2D eigenvalue weighted by Crippen LogP contribution is 2.14. The summed E-state index contributed by atoms with van der Waals surface area (Å²) in [6, 6.07) is 0. The van der Waals surface area contributed by atoms with Crippen molar-refractivity contribution in [3.63, 3.8) is 0 Å². The molecule has 1 atom stereocenters. The molecular formula is C57H100O5. The van der Waals surface area contributed by atoms with Crippen molar-refractivity contribution in [2.45, 2.75) is 258 Å². The second kappa shape index (κ2) is 52.7. The zero-order valence-electron chi connectivity index (χ0n) is 41.1. The molecule has 0 spiro atoms. The highest BCUT2D eigenvalue weighted by atomic mass is 16.6. The average molecular weight is 865 g/mol. The molecule has 0 saturated heterocycles. The second-order valence-corrected chi connectivity index (χ2v) is 17.4. The lowest BCUT2D eigenvalue weighted by molar-refractivity contribution is -0.162. The fraction of sp³-hybridized carbons (Fsp3) is 0.754. The first-order valence-electron chi connectivity index (χ1n) is 26.5. The third kappa shape index (κ3) is 50.0. The fourth-order valence-corrected chi connectivity index (χ4v) is 7.35. The van der Waals surface area contributed by atoms with Crippen molar-refractivity contribution in [3.05, 3.63) is 72.9 Å². The molecule has 0 amide bonds. The number of hydrogen-bond donors (Lipinski definition) is 0. The van der Waals surface area contributed by atoms with Crippen LogP contribution in [0.2, 0.25) is 0 Å². The molecule has 0 N–H and O–H groups in total. The Morgan fingerprint density at radius 1 is 0.387 bits per heavy atom. The van der Waals surface area contributed by atoms with E-state index < -0.39 is 6.10 Å². The van der Waals surface area contributed by atoms with E-state index in [1.165, 1.54) is 154 Å². The molecule has 0 aliphatic carbocycles. The Morgan fingerprint density at radius 2 is 0.774 bits per heavy atom. The number of esters is 2. The van der Waals surface area contributed by atoms with Crippen molar-refractivity contribution in [2.75, 3.05) is 19.8 Å². The summed E-state index contributed by atoms with van der Waals surface area (Å²) >= 11 is 0. The molecule has 0 aromatic rings. The molecule has 0 aliphatic rings. The molecule has 62 heavy (non-hydrogen) atoms. The van der Waals surface area contributed by atoms with Crippen LogP contribution in [0, 0.1) is 0 Å². The van der Waals surface area contributed by atoms with Crippen LogP contribution in [0.5, 0.6) is 0 Å². The molecule has 0 radical (unpaired) electrons. The van der Waals surface area contributed by atoms with Crippen LogP contribution in [0.15, 0.2) is 72.9 Å². The standard InChI is InChI=1S/C57H100O5/c1-4-7-10-13-16-19-22-25-27-28-29-30-32-33-35-38-41-44-47-50-56(58)61-54-55(53-60-52-49-46-43-40-37-24-21-18-15-12-9-6-3)62-57(59)51-48-45-42-39-36-34-31-26-23-20-17-14-11-8-5-2/h8,11,17,20,25-27,31,36,39,45,48,55H,4-7,9-10,12-16,18-19,21-24,28-30,32-35,37-38,40-44,46-47,49-54H2,1-3H3/b11-8-,20-17-,27-25-,31-26-,39-36-,48-45-. The molecular weight excluding hydrogens is 765 g/mol. The normalized spacial score (nSPS) is 12.8. The van der Waals surface area contributed by atoms with Crippen LogP contribution in [-0.2, 0) is 23.8 Å². The van der Waals surface area contributed by atoms with Crippen molar-refractivity contribution in [3.8, 4) is 0 Å². The minimum atomic E-state index is -0.590. The van der Waals surface area contributed by atoms with Crippen LogP contribution >= 0.6 is 0 Å². The number of carbonyl (C=O) groups excluding carboxylic acids is 2. The second-order valence-electron chi connectivity index (χ2n) is 17.4. The predicted octanol–water partition coefficient (Wildman–Crippen LogP) is 17.9. The number of allylic oxidation sites excluding steroid dienone is 11. The topological polar surface area (TPSA) is 61.8 Å². The van der Waals surface area contributed by atoms with Gasteiger partial charge in [-0.1, -0.05) is 241 Å². The first-order valence-corrected chi connectivity index (χ1v) is 26.5. The smallest absolute Gasteiger partial charge is 0.310 e. The summed E-state index contributed by atoms with van der Waals surface area (Å²) in [6.45, 7) is 7.62. The van der Waals surface area contributed by atoms with E-state index in [2.05, 4.69) is 81.5 Å². The van der Waals surface area contributed by atoms with Crippen LogP contribution in [0.25, 0.3) is 0 Å². The maximum atomic E-state index is 12.7. The van der Waals surface area contributed by atoms with E-state index in [0.717, 1.165) is 64.2 Å². The Hall–Kier alpha value is -2.66. The quantitative estimate of drug-likeness (QED) is 0.0346. The minimum absolute atomic E-state index is 0.0452. The fourth-order valence-electron chi connectivity index (χ4n) is 7.35. The molecule has 358 valence electrons. The van der Waals surface area contributed by atoms with E-state index in [4.69, 9.17) is 14.2 Å². The number of carbonyl (C=O) groups is 2. The largest absolute Gasteiger partial charge is 0.462 e. The van der Waals surface area contributed by atoms with E-state index in [0.29, 0.717) is 13.0 Å². The van der Waals surface area contributed by atoms with Gasteiger partial charge in [0.15, 0.2) is 6.10 Å². The lowest BCUT2D eigenvalue weighted by atomic mass is 10.1. The average Bonchev–Trinajstić information content (AvgIpc) is 3.27. The van der Waals surface area contributed by atoms with Gasteiger partial charge in [-0.05, 0) is 70.6 Å². The van der Waals surface area contributed by atoms with Gasteiger partial charge in [0, 0.05) is 13.0 Å². The summed E-state index contributed by atoms with van der Waals surface area (Å²) in [6.07, 6.45) is 67.9. The molecule has 5 nitrogen and oxygen atoms in total. The van der Waals surface area contributed by atoms with Gasteiger partial charge in [0.05, 0.1) is 13.0 Å². The zero-order chi connectivity index (χ0) is 44.9. The molecule has 1 unspecified atom stereocenters. The zero-order valence-corrected chi connectivity index (χ0v) is 41.1. The minimum Gasteiger partial charge on any atom is -0.462 e. The highest BCUT2D eigenvalue weighted by Gasteiger charge is 2.17. The van der Waals surface area contributed by atoms with Gasteiger partial charge in [0.25, 0.3) is 0 Å². The monoisotopic (exact) mass is 865 g/mol. The Kier molecular flexibility index (Phi) is 50.4. The van der Waals surface area contributed by atoms with Crippen LogP contribution in [0.3, 0.4) is 0 Å². The van der Waals surface area contributed by atoms with Gasteiger partial charge in [-0.2, -0.15) is 0 Å². The molecule has 0 fully saturated rings.